The van der Waals surface area contributed by atoms with Gasteiger partial charge in [-0.1, -0.05) is 0 Å². The van der Waals surface area contributed by atoms with Gasteiger partial charge in [-0.15, -0.1) is 0 Å². The topological polar surface area (TPSA) is 137 Å². The molecule has 1 rings (SSSR count). The molecule has 1 atom stereocenters. The van der Waals surface area contributed by atoms with E-state index in [0.717, 1.165) is 0 Å². The number of carboxylic acids is 1. The molecule has 0 aliphatic carbocycles. The maximum absolute atomic E-state index is 9.59. The third-order valence-corrected chi connectivity index (χ3v) is 0.693. The molecule has 0 radical (unpaired) electrons. The van der Waals surface area contributed by atoms with Crippen LogP contribution in [0.15, 0.2) is 0 Å². The predicted octanol–water partition coefficient (Wildman–Crippen LogP) is -5.94. The normalized spacial score (nSPS) is 19.7. The predicted molar refractivity (Wildman–Crippen MR) is 31.0 cm³/mol. The van der Waals surface area contributed by atoms with Gasteiger partial charge in [0, 0.05) is 6.54 Å². The zero-order valence-corrected chi connectivity index (χ0v) is 7.04. The molecule has 66 valence electrons. The van der Waals surface area contributed by atoms with Crippen molar-refractivity contribution in [3.8, 4) is 0 Å². The Hall–Kier alpha value is -0.103. The van der Waals surface area contributed by atoms with Crippen molar-refractivity contribution < 1.29 is 46.3 Å². The number of carbonyl (C=O) groups excluding carboxylic acids is 1. The molecule has 12 heavy (non-hydrogen) atoms. The van der Waals surface area contributed by atoms with E-state index in [1.807, 2.05) is 0 Å². The van der Waals surface area contributed by atoms with Crippen molar-refractivity contribution in [3.63, 3.8) is 0 Å². The van der Waals surface area contributed by atoms with E-state index in [0.29, 0.717) is 6.54 Å². The molecule has 1 fully saturated rings. The van der Waals surface area contributed by atoms with E-state index in [1.165, 1.54) is 0 Å². The molecule has 1 heterocycles. The maximum atomic E-state index is 9.59. The summed E-state index contributed by atoms with van der Waals surface area (Å²) in [6.45, 7) is 0.586. The van der Waals surface area contributed by atoms with Gasteiger partial charge in [-0.2, -0.15) is 8.42 Å². The molecule has 0 aromatic rings. The summed E-state index contributed by atoms with van der Waals surface area (Å²) in [5.41, 5.74) is 0. The Labute approximate surface area is 80.9 Å². The smallest absolute Gasteiger partial charge is 0.548 e. The van der Waals surface area contributed by atoms with Crippen LogP contribution in [0.5, 0.6) is 0 Å². The van der Waals surface area contributed by atoms with Crippen LogP contribution in [0, 0.1) is 0 Å². The molecular weight excluding hydrogens is 185 g/mol. The quantitative estimate of drug-likeness (QED) is 0.213. The number of nitrogens with one attached hydrogen (secondary N) is 1. The summed E-state index contributed by atoms with van der Waals surface area (Å²) in [5, 5.41) is 12.2. The van der Waals surface area contributed by atoms with Crippen molar-refractivity contribution in [2.45, 2.75) is 6.04 Å². The van der Waals surface area contributed by atoms with E-state index in [-0.39, 0.29) is 24.9 Å². The van der Waals surface area contributed by atoms with E-state index in [9.17, 15) is 9.90 Å². The molecule has 3 N–H and O–H groups in total. The molecule has 0 amide bonds. The zero-order chi connectivity index (χ0) is 9.07. The van der Waals surface area contributed by atoms with Crippen LogP contribution in [0.4, 0.5) is 0 Å². The van der Waals surface area contributed by atoms with E-state index < -0.39 is 16.4 Å². The number of hydrogen-bond donors (Lipinski definition) is 3. The van der Waals surface area contributed by atoms with Gasteiger partial charge >= 0.3 is 29.3 Å². The molecule has 0 aromatic carbocycles. The summed E-state index contributed by atoms with van der Waals surface area (Å²) in [6.07, 6.45) is 0. The molecule has 0 spiro atoms. The van der Waals surface area contributed by atoms with Crippen LogP contribution in [-0.2, 0) is 15.2 Å². The second kappa shape index (κ2) is 5.53. The standard InChI is InChI=1S/C3H5NO2.Li.H2O4S/c5-3(6)2-1-4-2;;1-5(2,3)4/h2,4H,1H2,(H,5,6);;(H2,1,2,3,4)/q;+1;/p-1. The molecule has 1 aliphatic heterocycles. The van der Waals surface area contributed by atoms with Gasteiger partial charge in [0.25, 0.3) is 0 Å². The monoisotopic (exact) mass is 191 g/mol. The fraction of sp³-hybridized carbons (Fsp3) is 0.667. The fourth-order valence-corrected chi connectivity index (χ4v) is 0.226. The van der Waals surface area contributed by atoms with Crippen LogP contribution in [0.2, 0.25) is 0 Å². The van der Waals surface area contributed by atoms with Crippen molar-refractivity contribution in [2.24, 2.45) is 0 Å². The molecule has 1 aliphatic rings. The molecule has 7 nitrogen and oxygen atoms in total. The van der Waals surface area contributed by atoms with E-state index in [4.69, 9.17) is 17.5 Å². The van der Waals surface area contributed by atoms with Gasteiger partial charge in [0.1, 0.15) is 0 Å². The third kappa shape index (κ3) is 16.5. The van der Waals surface area contributed by atoms with Crippen molar-refractivity contribution >= 4 is 16.4 Å². The Morgan fingerprint density at radius 2 is 1.75 bits per heavy atom. The van der Waals surface area contributed by atoms with Crippen LogP contribution in [0.1, 0.15) is 0 Å². The van der Waals surface area contributed by atoms with Gasteiger partial charge in [0.15, 0.2) is 0 Å². The second-order valence-corrected chi connectivity index (χ2v) is 2.62. The Balaban J connectivity index is 0. The number of rotatable bonds is 1. The van der Waals surface area contributed by atoms with Crippen molar-refractivity contribution in [2.75, 3.05) is 6.54 Å². The van der Waals surface area contributed by atoms with Gasteiger partial charge in [0.05, 0.1) is 12.0 Å². The Bertz CT molecular complexity index is 225. The first-order valence-corrected chi connectivity index (χ1v) is 3.84. The number of carboxylic acid groups (broad SMARTS) is 1. The van der Waals surface area contributed by atoms with Gasteiger partial charge in [-0.05, 0) is 0 Å². The Morgan fingerprint density at radius 1 is 1.50 bits per heavy atom. The molecule has 1 unspecified atom stereocenters. The molecule has 9 heteroatoms. The molecule has 1 saturated heterocycles. The number of hydrogen-bond acceptors (Lipinski definition) is 5. The van der Waals surface area contributed by atoms with Crippen LogP contribution in [0.3, 0.4) is 0 Å². The van der Waals surface area contributed by atoms with E-state index >= 15 is 0 Å². The zero-order valence-electron chi connectivity index (χ0n) is 6.22. The average molecular weight is 191 g/mol. The van der Waals surface area contributed by atoms with E-state index in [2.05, 4.69) is 5.32 Å². The number of carbonyl (C=O) groups is 1. The summed E-state index contributed by atoms with van der Waals surface area (Å²) in [6, 6.07) is -0.343. The minimum Gasteiger partial charge on any atom is -0.548 e. The third-order valence-electron chi connectivity index (χ3n) is 0.693. The first-order chi connectivity index (χ1) is 4.80. The molecule has 0 aromatic heterocycles. The average Bonchev–Trinajstić information content (AvgIpc) is 2.34. The Kier molecular flexibility index (Phi) is 6.64. The van der Waals surface area contributed by atoms with Gasteiger partial charge in [0.2, 0.25) is 0 Å². The van der Waals surface area contributed by atoms with Gasteiger partial charge < -0.3 is 15.2 Å². The van der Waals surface area contributed by atoms with Crippen LogP contribution in [0.25, 0.3) is 0 Å². The van der Waals surface area contributed by atoms with Crippen molar-refractivity contribution in [1.29, 1.82) is 0 Å². The SMILES string of the molecule is O=C([O-])C1CN1.O=S(=O)(O)O.[Li+]. The largest absolute Gasteiger partial charge is 1.00 e. The minimum atomic E-state index is -4.67. The first kappa shape index (κ1) is 14.4. The fourth-order valence-electron chi connectivity index (χ4n) is 0.226. The van der Waals surface area contributed by atoms with Crippen molar-refractivity contribution in [1.82, 2.24) is 5.32 Å². The van der Waals surface area contributed by atoms with Crippen LogP contribution >= 0.6 is 0 Å². The summed E-state index contributed by atoms with van der Waals surface area (Å²) in [7, 11) is -4.67. The minimum absolute atomic E-state index is 0. The second-order valence-electron chi connectivity index (χ2n) is 1.73. The molecular formula is C3H6LiNO6S. The summed E-state index contributed by atoms with van der Waals surface area (Å²) in [5.74, 6) is -0.991. The van der Waals surface area contributed by atoms with Gasteiger partial charge in [-0.25, -0.2) is 0 Å². The maximum Gasteiger partial charge on any atom is 1.00 e. The summed E-state index contributed by atoms with van der Waals surface area (Å²) < 4.78 is 31.6. The molecule has 0 saturated carbocycles. The van der Waals surface area contributed by atoms with Crippen molar-refractivity contribution in [3.05, 3.63) is 0 Å². The number of aliphatic carboxylic acids is 1. The van der Waals surface area contributed by atoms with Crippen LogP contribution in [-0.4, -0.2) is 36.1 Å². The summed E-state index contributed by atoms with van der Waals surface area (Å²) in [4.78, 5) is 9.59. The first-order valence-electron chi connectivity index (χ1n) is 2.45. The van der Waals surface area contributed by atoms with E-state index in [1.54, 1.807) is 0 Å². The Morgan fingerprint density at radius 3 is 1.75 bits per heavy atom. The van der Waals surface area contributed by atoms with Gasteiger partial charge in [-0.3, -0.25) is 9.11 Å². The summed E-state index contributed by atoms with van der Waals surface area (Å²) >= 11 is 0. The van der Waals surface area contributed by atoms with Crippen LogP contribution < -0.4 is 29.3 Å². The molecule has 0 bridgehead atoms.